The number of halogens is 1. The Bertz CT molecular complexity index is 1240. The van der Waals surface area contributed by atoms with Crippen LogP contribution in [0.5, 0.6) is 0 Å². The fourth-order valence-corrected chi connectivity index (χ4v) is 5.14. The number of nitrogens with one attached hydrogen (secondary N) is 1. The minimum atomic E-state index is -3.99. The molecule has 3 aromatic carbocycles. The number of nitrogens with zero attached hydrogens (tertiary/aromatic N) is 1. The van der Waals surface area contributed by atoms with Crippen LogP contribution in [0.25, 0.3) is 0 Å². The van der Waals surface area contributed by atoms with Crippen molar-refractivity contribution in [3.63, 3.8) is 0 Å². The van der Waals surface area contributed by atoms with Crippen molar-refractivity contribution in [3.8, 4) is 0 Å². The monoisotopic (exact) mass is 484 g/mol. The molecule has 0 heterocycles. The highest BCUT2D eigenvalue weighted by Crippen LogP contribution is 2.26. The highest BCUT2D eigenvalue weighted by Gasteiger charge is 2.28. The van der Waals surface area contributed by atoms with Crippen LogP contribution in [-0.2, 0) is 14.8 Å². The number of carbonyl (C=O) groups excluding carboxylic acids is 1. The molecule has 1 amide bonds. The minimum absolute atomic E-state index is 0.0717. The SMILES string of the molecule is CCC(NC(=O)CN(c1cccc(C)c1)S(=O)(=O)c1ccc(Cl)cc1)c1ccc(C)c(C)c1. The summed E-state index contributed by atoms with van der Waals surface area (Å²) >= 11 is 5.94. The van der Waals surface area contributed by atoms with Crippen LogP contribution in [0.4, 0.5) is 5.69 Å². The molecule has 0 spiro atoms. The van der Waals surface area contributed by atoms with E-state index in [9.17, 15) is 13.2 Å². The van der Waals surface area contributed by atoms with Crippen molar-refractivity contribution in [3.05, 3.63) is 94.0 Å². The zero-order valence-electron chi connectivity index (χ0n) is 19.3. The van der Waals surface area contributed by atoms with Gasteiger partial charge < -0.3 is 5.32 Å². The van der Waals surface area contributed by atoms with Crippen LogP contribution in [0.2, 0.25) is 5.02 Å². The molecular formula is C26H29ClN2O3S. The predicted molar refractivity (Wildman–Crippen MR) is 134 cm³/mol. The van der Waals surface area contributed by atoms with Gasteiger partial charge in [-0.1, -0.05) is 48.9 Å². The minimum Gasteiger partial charge on any atom is -0.348 e. The molecule has 0 bridgehead atoms. The number of aryl methyl sites for hydroxylation is 3. The van der Waals surface area contributed by atoms with Crippen molar-refractivity contribution in [2.24, 2.45) is 0 Å². The summed E-state index contributed by atoms with van der Waals surface area (Å²) in [6.45, 7) is 7.60. The van der Waals surface area contributed by atoms with Crippen LogP contribution in [-0.4, -0.2) is 20.9 Å². The van der Waals surface area contributed by atoms with E-state index in [0.29, 0.717) is 17.1 Å². The summed E-state index contributed by atoms with van der Waals surface area (Å²) in [4.78, 5) is 13.2. The summed E-state index contributed by atoms with van der Waals surface area (Å²) < 4.78 is 28.1. The number of sulfonamides is 1. The van der Waals surface area contributed by atoms with Crippen LogP contribution in [0, 0.1) is 20.8 Å². The van der Waals surface area contributed by atoms with Gasteiger partial charge in [0.05, 0.1) is 16.6 Å². The molecule has 1 unspecified atom stereocenters. The van der Waals surface area contributed by atoms with Gasteiger partial charge in [-0.05, 0) is 85.8 Å². The lowest BCUT2D eigenvalue weighted by molar-refractivity contribution is -0.120. The van der Waals surface area contributed by atoms with Crippen molar-refractivity contribution < 1.29 is 13.2 Å². The molecule has 3 aromatic rings. The molecule has 0 aliphatic heterocycles. The zero-order valence-corrected chi connectivity index (χ0v) is 20.9. The van der Waals surface area contributed by atoms with Gasteiger partial charge in [0.15, 0.2) is 0 Å². The van der Waals surface area contributed by atoms with Gasteiger partial charge in [-0.3, -0.25) is 9.10 Å². The Hall–Kier alpha value is -2.83. The summed E-state index contributed by atoms with van der Waals surface area (Å²) in [6, 6.07) is 18.9. The Morgan fingerprint density at radius 3 is 2.27 bits per heavy atom. The van der Waals surface area contributed by atoms with Crippen LogP contribution in [0.3, 0.4) is 0 Å². The molecule has 0 radical (unpaired) electrons. The van der Waals surface area contributed by atoms with Gasteiger partial charge in [-0.25, -0.2) is 8.42 Å². The van der Waals surface area contributed by atoms with E-state index in [1.807, 2.05) is 45.9 Å². The largest absolute Gasteiger partial charge is 0.348 e. The molecule has 33 heavy (non-hydrogen) atoms. The van der Waals surface area contributed by atoms with Crippen LogP contribution >= 0.6 is 11.6 Å². The average Bonchev–Trinajstić information content (AvgIpc) is 2.78. The van der Waals surface area contributed by atoms with E-state index < -0.39 is 10.0 Å². The fourth-order valence-electron chi connectivity index (χ4n) is 3.60. The normalized spacial score (nSPS) is 12.3. The third kappa shape index (κ3) is 5.95. The summed E-state index contributed by atoms with van der Waals surface area (Å²) in [5.41, 5.74) is 4.65. The first-order chi connectivity index (χ1) is 15.6. The van der Waals surface area contributed by atoms with Crippen LogP contribution in [0.15, 0.2) is 71.6 Å². The summed E-state index contributed by atoms with van der Waals surface area (Å²) in [7, 11) is -3.99. The van der Waals surface area contributed by atoms with E-state index >= 15 is 0 Å². The quantitative estimate of drug-likeness (QED) is 0.444. The second kappa shape index (κ2) is 10.4. The van der Waals surface area contributed by atoms with E-state index in [1.54, 1.807) is 18.2 Å². The number of hydrogen-bond acceptors (Lipinski definition) is 3. The standard InChI is InChI=1S/C26H29ClN2O3S/c1-5-25(21-10-9-19(3)20(4)16-21)28-26(30)17-29(23-8-6-7-18(2)15-23)33(31,32)24-13-11-22(27)12-14-24/h6-16,25H,5,17H2,1-4H3,(H,28,30). The van der Waals surface area contributed by atoms with Gasteiger partial charge in [0, 0.05) is 5.02 Å². The Labute approximate surface area is 201 Å². The van der Waals surface area contributed by atoms with Gasteiger partial charge in [0.1, 0.15) is 6.54 Å². The number of amides is 1. The van der Waals surface area contributed by atoms with E-state index in [-0.39, 0.29) is 23.4 Å². The first-order valence-electron chi connectivity index (χ1n) is 10.8. The molecule has 5 nitrogen and oxygen atoms in total. The Morgan fingerprint density at radius 1 is 0.970 bits per heavy atom. The van der Waals surface area contributed by atoms with Crippen LogP contribution < -0.4 is 9.62 Å². The first-order valence-corrected chi connectivity index (χ1v) is 12.6. The average molecular weight is 485 g/mol. The van der Waals surface area contributed by atoms with Crippen molar-refractivity contribution in [1.29, 1.82) is 0 Å². The molecular weight excluding hydrogens is 456 g/mol. The number of anilines is 1. The summed E-state index contributed by atoms with van der Waals surface area (Å²) in [5, 5.41) is 3.45. The van der Waals surface area contributed by atoms with Crippen molar-refractivity contribution in [2.45, 2.75) is 45.1 Å². The van der Waals surface area contributed by atoms with Crippen molar-refractivity contribution in [2.75, 3.05) is 10.8 Å². The van der Waals surface area contributed by atoms with Gasteiger partial charge >= 0.3 is 0 Å². The lowest BCUT2D eigenvalue weighted by Crippen LogP contribution is -2.42. The molecule has 0 saturated heterocycles. The number of carbonyl (C=O) groups is 1. The maximum atomic E-state index is 13.5. The molecule has 174 valence electrons. The maximum Gasteiger partial charge on any atom is 0.264 e. The molecule has 0 fully saturated rings. The van der Waals surface area contributed by atoms with E-state index in [0.717, 1.165) is 21.0 Å². The molecule has 0 saturated carbocycles. The lowest BCUT2D eigenvalue weighted by Gasteiger charge is -2.26. The van der Waals surface area contributed by atoms with Gasteiger partial charge in [0.25, 0.3) is 10.0 Å². The van der Waals surface area contributed by atoms with Crippen LogP contribution in [0.1, 0.15) is 41.6 Å². The molecule has 0 aliphatic rings. The maximum absolute atomic E-state index is 13.5. The number of hydrogen-bond donors (Lipinski definition) is 1. The molecule has 3 rings (SSSR count). The Morgan fingerprint density at radius 2 is 1.67 bits per heavy atom. The molecule has 1 N–H and O–H groups in total. The fraction of sp³-hybridized carbons (Fsp3) is 0.269. The smallest absolute Gasteiger partial charge is 0.264 e. The predicted octanol–water partition coefficient (Wildman–Crippen LogP) is 5.73. The summed E-state index contributed by atoms with van der Waals surface area (Å²) in [5.74, 6) is -0.376. The van der Waals surface area contributed by atoms with Gasteiger partial charge in [-0.15, -0.1) is 0 Å². The topological polar surface area (TPSA) is 66.5 Å². The third-order valence-electron chi connectivity index (χ3n) is 5.66. The molecule has 1 atom stereocenters. The van der Waals surface area contributed by atoms with Gasteiger partial charge in [0.2, 0.25) is 5.91 Å². The summed E-state index contributed by atoms with van der Waals surface area (Å²) in [6.07, 6.45) is 0.683. The van der Waals surface area contributed by atoms with Gasteiger partial charge in [-0.2, -0.15) is 0 Å². The second-order valence-electron chi connectivity index (χ2n) is 8.18. The number of rotatable bonds is 8. The Kier molecular flexibility index (Phi) is 7.82. The molecule has 0 aromatic heterocycles. The van der Waals surface area contributed by atoms with Crippen molar-refractivity contribution in [1.82, 2.24) is 5.32 Å². The van der Waals surface area contributed by atoms with E-state index in [2.05, 4.69) is 11.4 Å². The van der Waals surface area contributed by atoms with E-state index in [1.165, 1.54) is 29.8 Å². The lowest BCUT2D eigenvalue weighted by atomic mass is 9.99. The first kappa shape index (κ1) is 24.8. The molecule has 0 aliphatic carbocycles. The molecule has 7 heteroatoms. The Balaban J connectivity index is 1.91. The second-order valence-corrected chi connectivity index (χ2v) is 10.5. The third-order valence-corrected chi connectivity index (χ3v) is 7.70. The highest BCUT2D eigenvalue weighted by molar-refractivity contribution is 7.92. The zero-order chi connectivity index (χ0) is 24.2. The van der Waals surface area contributed by atoms with E-state index in [4.69, 9.17) is 11.6 Å². The van der Waals surface area contributed by atoms with Crippen molar-refractivity contribution >= 4 is 33.2 Å². The number of benzene rings is 3. The highest BCUT2D eigenvalue weighted by atomic mass is 35.5.